The van der Waals surface area contributed by atoms with Crippen molar-refractivity contribution in [2.75, 3.05) is 0 Å². The fraction of sp³-hybridized carbons (Fsp3) is 0.889. The van der Waals surface area contributed by atoms with Gasteiger partial charge in [0.15, 0.2) is 0 Å². The molecule has 0 radical (unpaired) electrons. The smallest absolute Gasteiger partial charge is 0.135 e. The van der Waals surface area contributed by atoms with E-state index in [2.05, 4.69) is 40.7 Å². The molecule has 0 unspecified atom stereocenters. The van der Waals surface area contributed by atoms with Gasteiger partial charge in [0, 0.05) is 12.3 Å². The third-order valence-corrected chi connectivity index (χ3v) is 10.6. The van der Waals surface area contributed by atoms with Crippen LogP contribution in [-0.2, 0) is 4.79 Å². The Labute approximate surface area is 178 Å². The molecule has 0 spiro atoms. The summed E-state index contributed by atoms with van der Waals surface area (Å²) in [5.41, 5.74) is 1.76. The molecule has 3 fully saturated rings. The molecule has 0 bridgehead atoms. The molecule has 4 aliphatic carbocycles. The van der Waals surface area contributed by atoms with Crippen LogP contribution < -0.4 is 0 Å². The Morgan fingerprint density at radius 1 is 1.14 bits per heavy atom. The first kappa shape index (κ1) is 21.6. The van der Waals surface area contributed by atoms with Crippen LogP contribution in [0.3, 0.4) is 0 Å². The van der Waals surface area contributed by atoms with Crippen LogP contribution in [0.5, 0.6) is 0 Å². The van der Waals surface area contributed by atoms with Crippen LogP contribution >= 0.6 is 0 Å². The third-order valence-electron chi connectivity index (χ3n) is 10.6. The first-order chi connectivity index (χ1) is 13.7. The van der Waals surface area contributed by atoms with Crippen molar-refractivity contribution in [1.82, 2.24) is 0 Å². The van der Waals surface area contributed by atoms with Crippen LogP contribution in [0.2, 0.25) is 0 Å². The molecule has 2 nitrogen and oxygen atoms in total. The molecule has 0 saturated heterocycles. The number of Topliss-reactive ketones (excluding diaryl/α,β-unsaturated/α-hetero) is 1. The third kappa shape index (κ3) is 3.27. The predicted molar refractivity (Wildman–Crippen MR) is 120 cm³/mol. The van der Waals surface area contributed by atoms with Gasteiger partial charge in [-0.15, -0.1) is 0 Å². The van der Waals surface area contributed by atoms with Crippen LogP contribution in [0.15, 0.2) is 11.6 Å². The second-order valence-electron chi connectivity index (χ2n) is 11.7. The van der Waals surface area contributed by atoms with E-state index < -0.39 is 5.60 Å². The summed E-state index contributed by atoms with van der Waals surface area (Å²) in [5.74, 6) is 3.68. The van der Waals surface area contributed by atoms with Crippen molar-refractivity contribution in [3.05, 3.63) is 11.6 Å². The molecule has 1 N–H and O–H groups in total. The van der Waals surface area contributed by atoms with Gasteiger partial charge < -0.3 is 5.11 Å². The van der Waals surface area contributed by atoms with E-state index in [0.29, 0.717) is 22.5 Å². The number of allylic oxidation sites excluding steroid dienone is 1. The number of carbonyl (C=O) groups excluding carboxylic acids is 1. The van der Waals surface area contributed by atoms with Gasteiger partial charge in [0.1, 0.15) is 5.78 Å². The van der Waals surface area contributed by atoms with Gasteiger partial charge in [0.25, 0.3) is 0 Å². The number of rotatable bonds is 5. The summed E-state index contributed by atoms with van der Waals surface area (Å²) in [6.07, 6.45) is 14.6. The molecule has 4 aliphatic rings. The van der Waals surface area contributed by atoms with Crippen LogP contribution in [0.1, 0.15) is 105 Å². The minimum absolute atomic E-state index is 0.237. The quantitative estimate of drug-likeness (QED) is 0.521. The van der Waals surface area contributed by atoms with Crippen molar-refractivity contribution >= 4 is 5.78 Å². The van der Waals surface area contributed by atoms with Gasteiger partial charge in [-0.3, -0.25) is 4.79 Å². The summed E-state index contributed by atoms with van der Waals surface area (Å²) in [4.78, 5) is 12.7. The lowest BCUT2D eigenvalue weighted by atomic mass is 9.46. The minimum Gasteiger partial charge on any atom is -0.390 e. The predicted octanol–water partition coefficient (Wildman–Crippen LogP) is 6.71. The second kappa shape index (κ2) is 7.50. The molecule has 0 aromatic heterocycles. The fourth-order valence-electron chi connectivity index (χ4n) is 8.57. The summed E-state index contributed by atoms with van der Waals surface area (Å²) >= 11 is 0. The molecule has 0 amide bonds. The molecule has 164 valence electrons. The van der Waals surface area contributed by atoms with Gasteiger partial charge in [0.05, 0.1) is 5.60 Å². The highest BCUT2D eigenvalue weighted by molar-refractivity contribution is 5.81. The zero-order valence-electron chi connectivity index (χ0n) is 19.6. The summed E-state index contributed by atoms with van der Waals surface area (Å²) in [6.45, 7) is 11.6. The van der Waals surface area contributed by atoms with E-state index in [-0.39, 0.29) is 5.92 Å². The highest BCUT2D eigenvalue weighted by atomic mass is 16.3. The highest BCUT2D eigenvalue weighted by Gasteiger charge is 2.60. The standard InChI is InChI=1S/C27H44O2/c1-6-8-24(28)18(3)21-11-12-22-20-10-9-19-17-27(29,7-2)16-15-25(19,4)23(20)13-14-26(21,22)5/h9,18,20-23,29H,6-8,10-17H2,1-5H3/t18-,20-,21+,22-,23-,25-,26+,27-/m0/s1. The first-order valence-electron chi connectivity index (χ1n) is 12.6. The van der Waals surface area contributed by atoms with Crippen molar-refractivity contribution in [2.24, 2.45) is 40.4 Å². The van der Waals surface area contributed by atoms with Gasteiger partial charge in [0.2, 0.25) is 0 Å². The van der Waals surface area contributed by atoms with Crippen molar-refractivity contribution < 1.29 is 9.90 Å². The van der Waals surface area contributed by atoms with Gasteiger partial charge in [-0.2, -0.15) is 0 Å². The second-order valence-corrected chi connectivity index (χ2v) is 11.7. The summed E-state index contributed by atoms with van der Waals surface area (Å²) in [6, 6.07) is 0. The van der Waals surface area contributed by atoms with E-state index in [1.807, 2.05) is 0 Å². The van der Waals surface area contributed by atoms with Crippen LogP contribution in [-0.4, -0.2) is 16.5 Å². The van der Waals surface area contributed by atoms with E-state index in [9.17, 15) is 9.90 Å². The molecule has 29 heavy (non-hydrogen) atoms. The molecule has 4 rings (SSSR count). The molecule has 2 heteroatoms. The maximum Gasteiger partial charge on any atom is 0.135 e. The Hall–Kier alpha value is -0.630. The van der Waals surface area contributed by atoms with Crippen molar-refractivity contribution in [3.63, 3.8) is 0 Å². The van der Waals surface area contributed by atoms with E-state index >= 15 is 0 Å². The molecule has 8 atom stereocenters. The van der Waals surface area contributed by atoms with Crippen LogP contribution in [0.4, 0.5) is 0 Å². The van der Waals surface area contributed by atoms with E-state index in [0.717, 1.165) is 56.3 Å². The molecular formula is C27H44O2. The zero-order chi connectivity index (χ0) is 21.0. The summed E-state index contributed by atoms with van der Waals surface area (Å²) < 4.78 is 0. The number of hydrogen-bond acceptors (Lipinski definition) is 2. The SMILES string of the molecule is CCCC(=O)[C@@H](C)[C@H]1CC[C@H]2[C@@H]3CC=C4C[C@](O)(CC)CC[C@]4(C)[C@H]3CC[C@]12C. The number of ketones is 1. The largest absolute Gasteiger partial charge is 0.390 e. The highest BCUT2D eigenvalue weighted by Crippen LogP contribution is 2.67. The average molecular weight is 401 g/mol. The van der Waals surface area contributed by atoms with E-state index in [4.69, 9.17) is 0 Å². The fourth-order valence-corrected chi connectivity index (χ4v) is 8.57. The normalized spacial score (nSPS) is 47.6. The molecule has 0 aromatic rings. The van der Waals surface area contributed by atoms with Gasteiger partial charge in [-0.1, -0.05) is 46.3 Å². The topological polar surface area (TPSA) is 37.3 Å². The lowest BCUT2D eigenvalue weighted by Gasteiger charge is -2.59. The Bertz CT molecular complexity index is 680. The van der Waals surface area contributed by atoms with Crippen LogP contribution in [0.25, 0.3) is 0 Å². The van der Waals surface area contributed by atoms with Gasteiger partial charge in [-0.25, -0.2) is 0 Å². The monoisotopic (exact) mass is 400 g/mol. The van der Waals surface area contributed by atoms with Crippen molar-refractivity contribution in [1.29, 1.82) is 0 Å². The number of hydrogen-bond donors (Lipinski definition) is 1. The Balaban J connectivity index is 1.57. The van der Waals surface area contributed by atoms with E-state index in [1.54, 1.807) is 5.57 Å². The van der Waals surface area contributed by atoms with Crippen LogP contribution in [0, 0.1) is 40.4 Å². The molecular weight excluding hydrogens is 356 g/mol. The zero-order valence-corrected chi connectivity index (χ0v) is 19.6. The Morgan fingerprint density at radius 3 is 2.59 bits per heavy atom. The lowest BCUT2D eigenvalue weighted by molar-refractivity contribution is -0.127. The minimum atomic E-state index is -0.463. The number of carbonyl (C=O) groups is 1. The van der Waals surface area contributed by atoms with Crippen molar-refractivity contribution in [2.45, 2.75) is 111 Å². The first-order valence-corrected chi connectivity index (χ1v) is 12.6. The molecule has 0 aliphatic heterocycles. The summed E-state index contributed by atoms with van der Waals surface area (Å²) in [7, 11) is 0. The maximum atomic E-state index is 12.7. The number of fused-ring (bicyclic) bond motifs is 5. The van der Waals surface area contributed by atoms with Crippen molar-refractivity contribution in [3.8, 4) is 0 Å². The Kier molecular flexibility index (Phi) is 5.59. The average Bonchev–Trinajstić information content (AvgIpc) is 3.05. The van der Waals surface area contributed by atoms with E-state index in [1.165, 1.54) is 32.1 Å². The molecule has 0 heterocycles. The molecule has 3 saturated carbocycles. The summed E-state index contributed by atoms with van der Waals surface area (Å²) in [5, 5.41) is 10.9. The lowest BCUT2D eigenvalue weighted by Crippen LogP contribution is -2.52. The number of aliphatic hydroxyl groups is 1. The Morgan fingerprint density at radius 2 is 1.90 bits per heavy atom. The molecule has 0 aromatic carbocycles. The maximum absolute atomic E-state index is 12.7. The van der Waals surface area contributed by atoms with Gasteiger partial charge >= 0.3 is 0 Å². The van der Waals surface area contributed by atoms with Gasteiger partial charge in [-0.05, 0) is 98.7 Å².